The maximum absolute atomic E-state index is 13.1. The van der Waals surface area contributed by atoms with Crippen LogP contribution in [0.1, 0.15) is 27.5 Å². The Balaban J connectivity index is 1.61. The highest BCUT2D eigenvalue weighted by molar-refractivity contribution is 6.05. The Hall–Kier alpha value is -4.08. The lowest BCUT2D eigenvalue weighted by Crippen LogP contribution is -2.14. The second-order valence-electron chi connectivity index (χ2n) is 7.23. The molecule has 0 aliphatic rings. The van der Waals surface area contributed by atoms with E-state index in [1.165, 1.54) is 25.4 Å². The molecule has 7 nitrogen and oxygen atoms in total. The lowest BCUT2D eigenvalue weighted by atomic mass is 10.2. The van der Waals surface area contributed by atoms with Gasteiger partial charge in [-0.2, -0.15) is 18.3 Å². The first-order chi connectivity index (χ1) is 15.7. The average molecular weight is 456 g/mol. The molecule has 0 aliphatic carbocycles. The van der Waals surface area contributed by atoms with Gasteiger partial charge in [0.2, 0.25) is 5.89 Å². The van der Waals surface area contributed by atoms with Crippen molar-refractivity contribution in [2.45, 2.75) is 20.0 Å². The van der Waals surface area contributed by atoms with Gasteiger partial charge < -0.3 is 14.5 Å². The summed E-state index contributed by atoms with van der Waals surface area (Å²) in [7, 11) is 1.35. The van der Waals surface area contributed by atoms with Crippen molar-refractivity contribution in [2.24, 2.45) is 0 Å². The summed E-state index contributed by atoms with van der Waals surface area (Å²) in [4.78, 5) is 17.2. The number of carbonyl (C=O) groups is 1. The number of nitrogens with zero attached hydrogens (tertiary/aromatic N) is 3. The van der Waals surface area contributed by atoms with Gasteiger partial charge in [-0.15, -0.1) is 0 Å². The summed E-state index contributed by atoms with van der Waals surface area (Å²) in [6.45, 7) is 3.64. The van der Waals surface area contributed by atoms with Gasteiger partial charge >= 0.3 is 6.18 Å². The number of hydrogen-bond donors (Lipinski definition) is 1. The molecule has 0 bridgehead atoms. The van der Waals surface area contributed by atoms with E-state index in [0.717, 1.165) is 22.5 Å². The van der Waals surface area contributed by atoms with Crippen molar-refractivity contribution in [3.63, 3.8) is 0 Å². The van der Waals surface area contributed by atoms with E-state index in [0.29, 0.717) is 22.9 Å². The van der Waals surface area contributed by atoms with Crippen molar-refractivity contribution in [1.82, 2.24) is 14.8 Å². The van der Waals surface area contributed by atoms with Crippen LogP contribution in [-0.4, -0.2) is 27.8 Å². The van der Waals surface area contributed by atoms with Crippen LogP contribution in [0.4, 0.5) is 18.9 Å². The maximum Gasteiger partial charge on any atom is 0.416 e. The van der Waals surface area contributed by atoms with Crippen molar-refractivity contribution in [3.05, 3.63) is 77.4 Å². The molecule has 4 rings (SSSR count). The largest absolute Gasteiger partial charge is 0.493 e. The quantitative estimate of drug-likeness (QED) is 0.433. The molecule has 33 heavy (non-hydrogen) atoms. The van der Waals surface area contributed by atoms with Crippen LogP contribution >= 0.6 is 0 Å². The zero-order chi connectivity index (χ0) is 23.8. The number of anilines is 1. The second-order valence-corrected chi connectivity index (χ2v) is 7.23. The molecule has 2 heterocycles. The minimum atomic E-state index is -4.50. The van der Waals surface area contributed by atoms with Crippen LogP contribution in [0.3, 0.4) is 0 Å². The fourth-order valence-corrected chi connectivity index (χ4v) is 3.14. The number of nitrogens with one attached hydrogen (secondary N) is 1. The van der Waals surface area contributed by atoms with Gasteiger partial charge in [0.05, 0.1) is 30.3 Å². The SMILES string of the molecule is COc1cn(-c2cccc(C(F)(F)F)c2)nc1C(=O)Nc1cccc(-c2nc(C)c(C)o2)c1. The van der Waals surface area contributed by atoms with Crippen molar-refractivity contribution in [1.29, 1.82) is 0 Å². The molecule has 2 aromatic carbocycles. The minimum absolute atomic E-state index is 0.0804. The number of alkyl halides is 3. The molecule has 0 spiro atoms. The summed E-state index contributed by atoms with van der Waals surface area (Å²) in [6, 6.07) is 11.5. The molecule has 0 radical (unpaired) electrons. The van der Waals surface area contributed by atoms with E-state index in [-0.39, 0.29) is 17.1 Å². The molecule has 0 saturated carbocycles. The molecule has 2 aromatic heterocycles. The molecule has 0 aliphatic heterocycles. The van der Waals surface area contributed by atoms with Gasteiger partial charge in [0.15, 0.2) is 11.4 Å². The smallest absolute Gasteiger partial charge is 0.416 e. The van der Waals surface area contributed by atoms with Crippen LogP contribution in [0, 0.1) is 13.8 Å². The van der Waals surface area contributed by atoms with Gasteiger partial charge in [0.1, 0.15) is 5.76 Å². The Kier molecular flexibility index (Phi) is 5.67. The van der Waals surface area contributed by atoms with E-state index in [1.54, 1.807) is 24.3 Å². The van der Waals surface area contributed by atoms with E-state index in [4.69, 9.17) is 9.15 Å². The summed E-state index contributed by atoms with van der Waals surface area (Å²) in [6.07, 6.45) is -3.16. The highest BCUT2D eigenvalue weighted by atomic mass is 19.4. The number of amides is 1. The molecule has 4 aromatic rings. The van der Waals surface area contributed by atoms with Gasteiger partial charge in [0.25, 0.3) is 5.91 Å². The van der Waals surface area contributed by atoms with Crippen molar-refractivity contribution in [3.8, 4) is 22.9 Å². The number of hydrogen-bond acceptors (Lipinski definition) is 5. The first-order valence-electron chi connectivity index (χ1n) is 9.83. The van der Waals surface area contributed by atoms with Gasteiger partial charge in [-0.3, -0.25) is 4.79 Å². The number of oxazole rings is 1. The number of benzene rings is 2. The molecule has 0 atom stereocenters. The minimum Gasteiger partial charge on any atom is -0.493 e. The van der Waals surface area contributed by atoms with E-state index < -0.39 is 17.6 Å². The molecule has 170 valence electrons. The second kappa shape index (κ2) is 8.45. The summed E-state index contributed by atoms with van der Waals surface area (Å²) in [5.41, 5.74) is 1.13. The molecule has 0 unspecified atom stereocenters. The third kappa shape index (κ3) is 4.59. The molecular formula is C23H19F3N4O3. The normalized spacial score (nSPS) is 11.5. The van der Waals surface area contributed by atoms with Crippen molar-refractivity contribution in [2.75, 3.05) is 12.4 Å². The number of aryl methyl sites for hydroxylation is 2. The number of aromatic nitrogens is 3. The average Bonchev–Trinajstić information content (AvgIpc) is 3.37. The van der Waals surface area contributed by atoms with Gasteiger partial charge in [-0.05, 0) is 50.2 Å². The van der Waals surface area contributed by atoms with Crippen LogP contribution in [0.15, 0.2) is 59.1 Å². The van der Waals surface area contributed by atoms with Gasteiger partial charge in [0, 0.05) is 11.3 Å². The molecule has 1 amide bonds. The first-order valence-corrected chi connectivity index (χ1v) is 9.83. The van der Waals surface area contributed by atoms with Gasteiger partial charge in [-0.25, -0.2) is 9.67 Å². The summed E-state index contributed by atoms with van der Waals surface area (Å²) in [5, 5.41) is 6.87. The first kappa shape index (κ1) is 22.1. The number of carbonyl (C=O) groups excluding carboxylic acids is 1. The fourth-order valence-electron chi connectivity index (χ4n) is 3.14. The molecule has 10 heteroatoms. The highest BCUT2D eigenvalue weighted by Crippen LogP contribution is 2.31. The Morgan fingerprint density at radius 2 is 1.88 bits per heavy atom. The monoisotopic (exact) mass is 456 g/mol. The standard InChI is InChI=1S/C23H19F3N4O3/c1-13-14(2)33-22(27-13)15-6-4-8-17(10-15)28-21(31)20-19(32-3)12-30(29-20)18-9-5-7-16(11-18)23(24,25)26/h4-12H,1-3H3,(H,28,31). The zero-order valence-corrected chi connectivity index (χ0v) is 17.9. The van der Waals surface area contributed by atoms with Crippen molar-refractivity contribution < 1.29 is 27.1 Å². The summed E-state index contributed by atoms with van der Waals surface area (Å²) < 4.78 is 51.2. The van der Waals surface area contributed by atoms with Gasteiger partial charge in [-0.1, -0.05) is 12.1 Å². The van der Waals surface area contributed by atoms with Crippen LogP contribution in [0.25, 0.3) is 17.1 Å². The zero-order valence-electron chi connectivity index (χ0n) is 17.9. The Labute approximate surface area is 186 Å². The van der Waals surface area contributed by atoms with E-state index in [9.17, 15) is 18.0 Å². The Morgan fingerprint density at radius 1 is 1.12 bits per heavy atom. The maximum atomic E-state index is 13.1. The van der Waals surface area contributed by atoms with E-state index in [2.05, 4.69) is 15.4 Å². The number of methoxy groups -OCH3 is 1. The predicted molar refractivity (Wildman–Crippen MR) is 114 cm³/mol. The molecule has 0 fully saturated rings. The lowest BCUT2D eigenvalue weighted by molar-refractivity contribution is -0.137. The van der Waals surface area contributed by atoms with E-state index in [1.807, 2.05) is 13.8 Å². The Morgan fingerprint density at radius 3 is 2.55 bits per heavy atom. The topological polar surface area (TPSA) is 82.2 Å². The van der Waals surface area contributed by atoms with Crippen molar-refractivity contribution >= 4 is 11.6 Å². The molecule has 0 saturated heterocycles. The fraction of sp³-hybridized carbons (Fsp3) is 0.174. The lowest BCUT2D eigenvalue weighted by Gasteiger charge is -2.08. The van der Waals surface area contributed by atoms with Crippen LogP contribution in [0.2, 0.25) is 0 Å². The summed E-state index contributed by atoms with van der Waals surface area (Å²) >= 11 is 0. The number of halogens is 3. The van der Waals surface area contributed by atoms with Crippen LogP contribution in [-0.2, 0) is 6.18 Å². The molecular weight excluding hydrogens is 437 g/mol. The van der Waals surface area contributed by atoms with Crippen LogP contribution in [0.5, 0.6) is 5.75 Å². The highest BCUT2D eigenvalue weighted by Gasteiger charge is 2.30. The predicted octanol–water partition coefficient (Wildman–Crippen LogP) is 5.42. The number of ether oxygens (including phenoxy) is 1. The summed E-state index contributed by atoms with van der Waals surface area (Å²) in [5.74, 6) is 0.645. The number of rotatable bonds is 5. The molecule has 1 N–H and O–H groups in total. The Bertz CT molecular complexity index is 1310. The van der Waals surface area contributed by atoms with E-state index >= 15 is 0 Å². The third-order valence-electron chi connectivity index (χ3n) is 4.95. The third-order valence-corrected chi connectivity index (χ3v) is 4.95. The van der Waals surface area contributed by atoms with Crippen LogP contribution < -0.4 is 10.1 Å².